The van der Waals surface area contributed by atoms with Crippen LogP contribution in [0.15, 0.2) is 182 Å². The molecule has 0 saturated heterocycles. The van der Waals surface area contributed by atoms with Crippen molar-refractivity contribution in [1.29, 1.82) is 0 Å². The number of esters is 3. The first-order chi connectivity index (χ1) is 40.0. The summed E-state index contributed by atoms with van der Waals surface area (Å²) in [5, 5.41) is 0. The van der Waals surface area contributed by atoms with E-state index in [1.54, 1.807) is 0 Å². The molecule has 0 aromatic rings. The Kier molecular flexibility index (Phi) is 62.5. The molecule has 6 heteroatoms. The second-order valence-electron chi connectivity index (χ2n) is 20.5. The molecular weight excluding hydrogens is 997 g/mol. The molecule has 0 aliphatic heterocycles. The highest BCUT2D eigenvalue weighted by atomic mass is 16.6. The maximum Gasteiger partial charge on any atom is 0.306 e. The molecule has 0 saturated carbocycles. The van der Waals surface area contributed by atoms with E-state index in [2.05, 4.69) is 191 Å². The average molecular weight is 1110 g/mol. The highest BCUT2D eigenvalue weighted by molar-refractivity contribution is 5.71. The van der Waals surface area contributed by atoms with Crippen LogP contribution in [0.4, 0.5) is 0 Å². The van der Waals surface area contributed by atoms with Crippen LogP contribution in [0.25, 0.3) is 0 Å². The average Bonchev–Trinajstić information content (AvgIpc) is 3.46. The molecule has 452 valence electrons. The van der Waals surface area contributed by atoms with Crippen LogP contribution >= 0.6 is 0 Å². The van der Waals surface area contributed by atoms with E-state index in [-0.39, 0.29) is 31.6 Å². The highest BCUT2D eigenvalue weighted by Gasteiger charge is 2.19. The van der Waals surface area contributed by atoms with Gasteiger partial charge in [-0.25, -0.2) is 0 Å². The van der Waals surface area contributed by atoms with Crippen LogP contribution < -0.4 is 0 Å². The third kappa shape index (κ3) is 65.2. The molecule has 0 aliphatic carbocycles. The maximum atomic E-state index is 12.9. The van der Waals surface area contributed by atoms with Crippen molar-refractivity contribution in [1.82, 2.24) is 0 Å². The Balaban J connectivity index is 4.46. The fraction of sp³-hybridized carbons (Fsp3) is 0.560. The van der Waals surface area contributed by atoms with E-state index in [1.807, 2.05) is 12.2 Å². The van der Waals surface area contributed by atoms with Gasteiger partial charge in [-0.2, -0.15) is 0 Å². The van der Waals surface area contributed by atoms with Crippen LogP contribution in [0.3, 0.4) is 0 Å². The van der Waals surface area contributed by atoms with Crippen molar-refractivity contribution in [3.05, 3.63) is 182 Å². The number of hydrogen-bond donors (Lipinski definition) is 0. The minimum Gasteiger partial charge on any atom is -0.462 e. The summed E-state index contributed by atoms with van der Waals surface area (Å²) in [6, 6.07) is 0. The van der Waals surface area contributed by atoms with Crippen LogP contribution in [0.1, 0.15) is 252 Å². The van der Waals surface area contributed by atoms with Crippen LogP contribution in [-0.4, -0.2) is 37.2 Å². The van der Waals surface area contributed by atoms with Gasteiger partial charge in [-0.3, -0.25) is 14.4 Å². The molecule has 81 heavy (non-hydrogen) atoms. The molecule has 0 radical (unpaired) electrons. The lowest BCUT2D eigenvalue weighted by Gasteiger charge is -2.18. The van der Waals surface area contributed by atoms with Gasteiger partial charge < -0.3 is 14.2 Å². The molecule has 0 spiro atoms. The fourth-order valence-electron chi connectivity index (χ4n) is 8.12. The van der Waals surface area contributed by atoms with Crippen molar-refractivity contribution in [3.8, 4) is 0 Å². The molecule has 0 amide bonds. The van der Waals surface area contributed by atoms with Crippen LogP contribution in [0.2, 0.25) is 0 Å². The molecule has 0 aromatic carbocycles. The quantitative estimate of drug-likeness (QED) is 0.0261. The number of carbonyl (C=O) groups is 3. The molecule has 0 heterocycles. The molecule has 6 nitrogen and oxygen atoms in total. The Morgan fingerprint density at radius 2 is 0.506 bits per heavy atom. The van der Waals surface area contributed by atoms with Crippen molar-refractivity contribution >= 4 is 17.9 Å². The third-order valence-electron chi connectivity index (χ3n) is 12.9. The number of hydrogen-bond acceptors (Lipinski definition) is 6. The van der Waals surface area contributed by atoms with E-state index in [9.17, 15) is 14.4 Å². The topological polar surface area (TPSA) is 78.9 Å². The second kappa shape index (κ2) is 67.0. The molecule has 1 unspecified atom stereocenters. The number of unbranched alkanes of at least 4 members (excludes halogenated alkanes) is 15. The number of allylic oxidation sites excluding steroid dienone is 30. The SMILES string of the molecule is CC/C=C\C/C=C\C/C=C\C/C=C\C/C=C\C/C=C\C/C=C\C/C=C\CCCCCCCCC(=O)OCC(COC(=O)CCCCCCC/C=C\CCCCCC)OC(=O)CC/C=C\C/C=C\C/C=C\C/C=C\C/C=C\C/C=C\CC. The highest BCUT2D eigenvalue weighted by Crippen LogP contribution is 2.13. The molecule has 0 N–H and O–H groups in total. The number of carbonyl (C=O) groups excluding carboxylic acids is 3. The van der Waals surface area contributed by atoms with Crippen molar-refractivity contribution in [2.75, 3.05) is 13.2 Å². The van der Waals surface area contributed by atoms with E-state index < -0.39 is 12.1 Å². The predicted molar refractivity (Wildman–Crippen MR) is 352 cm³/mol. The van der Waals surface area contributed by atoms with Gasteiger partial charge in [0.2, 0.25) is 0 Å². The minimum absolute atomic E-state index is 0.125. The van der Waals surface area contributed by atoms with Crippen molar-refractivity contribution in [2.45, 2.75) is 258 Å². The second-order valence-corrected chi connectivity index (χ2v) is 20.5. The largest absolute Gasteiger partial charge is 0.462 e. The monoisotopic (exact) mass is 1110 g/mol. The Hall–Kier alpha value is -5.49. The molecular formula is C75H116O6. The number of ether oxygens (including phenoxy) is 3. The lowest BCUT2D eigenvalue weighted by Crippen LogP contribution is -2.30. The summed E-state index contributed by atoms with van der Waals surface area (Å²) in [7, 11) is 0. The number of rotatable bonds is 56. The van der Waals surface area contributed by atoms with Crippen LogP contribution in [0.5, 0.6) is 0 Å². The first kappa shape index (κ1) is 75.5. The Bertz CT molecular complexity index is 1900. The lowest BCUT2D eigenvalue weighted by atomic mass is 10.1. The van der Waals surface area contributed by atoms with Crippen LogP contribution in [0, 0.1) is 0 Å². The van der Waals surface area contributed by atoms with E-state index >= 15 is 0 Å². The Labute approximate surface area is 497 Å². The summed E-state index contributed by atoms with van der Waals surface area (Å²) in [6.07, 6.45) is 101. The molecule has 0 rings (SSSR count). The summed E-state index contributed by atoms with van der Waals surface area (Å²) in [6.45, 7) is 6.30. The third-order valence-corrected chi connectivity index (χ3v) is 12.9. The van der Waals surface area contributed by atoms with Gasteiger partial charge in [0.1, 0.15) is 13.2 Å². The van der Waals surface area contributed by atoms with Gasteiger partial charge in [-0.1, -0.05) is 267 Å². The van der Waals surface area contributed by atoms with Gasteiger partial charge in [-0.15, -0.1) is 0 Å². The minimum atomic E-state index is -0.839. The van der Waals surface area contributed by atoms with Crippen molar-refractivity contribution in [3.63, 3.8) is 0 Å². The summed E-state index contributed by atoms with van der Waals surface area (Å²) in [5.74, 6) is -1.04. The Morgan fingerprint density at radius 3 is 0.815 bits per heavy atom. The summed E-state index contributed by atoms with van der Waals surface area (Å²) < 4.78 is 16.8. The smallest absolute Gasteiger partial charge is 0.306 e. The molecule has 0 aliphatic rings. The molecule has 1 atom stereocenters. The van der Waals surface area contributed by atoms with E-state index in [4.69, 9.17) is 14.2 Å². The molecule has 0 bridgehead atoms. The zero-order chi connectivity index (χ0) is 58.5. The van der Waals surface area contributed by atoms with Crippen molar-refractivity contribution in [2.24, 2.45) is 0 Å². The van der Waals surface area contributed by atoms with E-state index in [0.29, 0.717) is 19.3 Å². The summed E-state index contributed by atoms with van der Waals surface area (Å²) >= 11 is 0. The van der Waals surface area contributed by atoms with Gasteiger partial charge in [0.15, 0.2) is 6.10 Å². The first-order valence-electron chi connectivity index (χ1n) is 32.3. The Morgan fingerprint density at radius 1 is 0.259 bits per heavy atom. The van der Waals surface area contributed by atoms with Crippen molar-refractivity contribution < 1.29 is 28.6 Å². The molecule has 0 fully saturated rings. The normalized spacial score (nSPS) is 13.4. The van der Waals surface area contributed by atoms with E-state index in [1.165, 1.54) is 51.4 Å². The first-order valence-corrected chi connectivity index (χ1v) is 32.3. The zero-order valence-corrected chi connectivity index (χ0v) is 51.7. The lowest BCUT2D eigenvalue weighted by molar-refractivity contribution is -0.166. The van der Waals surface area contributed by atoms with Gasteiger partial charge in [0, 0.05) is 19.3 Å². The summed E-state index contributed by atoms with van der Waals surface area (Å²) in [4.78, 5) is 38.3. The van der Waals surface area contributed by atoms with Gasteiger partial charge in [0.05, 0.1) is 0 Å². The van der Waals surface area contributed by atoms with Gasteiger partial charge in [-0.05, 0) is 148 Å². The zero-order valence-electron chi connectivity index (χ0n) is 51.7. The van der Waals surface area contributed by atoms with Gasteiger partial charge in [0.25, 0.3) is 0 Å². The fourth-order valence-corrected chi connectivity index (χ4v) is 8.12. The standard InChI is InChI=1S/C75H116O6/c1-4-7-10-13-16-19-22-25-27-29-31-32-33-34-35-36-37-38-39-40-41-42-44-45-47-50-53-56-59-62-65-68-74(77)80-71-72(70-79-73(76)67-64-61-58-55-52-49-24-21-18-15-12-9-6-3)81-75(78)69-66-63-60-57-54-51-48-46-43-30-28-26-23-20-17-14-11-8-5-2/h7-8,10-11,16-17,19-21,24-28,31-32,34-35,37-38,40-41,43-46,51,54,60,63,72H,4-6,9,12-15,18,22-23,29-30,33,36,39,42,47-50,52-53,55-59,61-62,64-71H2,1-3H3/b10-7-,11-8-,19-16-,20-17-,24-21-,27-25-,28-26-,32-31-,35-34-,38-37-,41-40-,45-44-,46-43-,54-51-,63-60-. The predicted octanol–water partition coefficient (Wildman–Crippen LogP) is 22.4. The summed E-state index contributed by atoms with van der Waals surface area (Å²) in [5.41, 5.74) is 0. The maximum absolute atomic E-state index is 12.9. The molecule has 0 aromatic heterocycles. The van der Waals surface area contributed by atoms with Crippen LogP contribution in [-0.2, 0) is 28.6 Å². The van der Waals surface area contributed by atoms with Gasteiger partial charge >= 0.3 is 17.9 Å². The van der Waals surface area contributed by atoms with E-state index in [0.717, 1.165) is 154 Å².